The lowest BCUT2D eigenvalue weighted by Crippen LogP contribution is -2.10. The van der Waals surface area contributed by atoms with Gasteiger partial charge < -0.3 is 10.4 Å². The number of hydrogen-bond acceptors (Lipinski definition) is 2. The van der Waals surface area contributed by atoms with Crippen LogP contribution in [-0.2, 0) is 19.4 Å². The number of aromatic carboxylic acids is 1. The van der Waals surface area contributed by atoms with E-state index in [1.807, 2.05) is 31.2 Å². The monoisotopic (exact) mass is 429 g/mol. The number of carbonyl (C=O) groups is 1. The highest BCUT2D eigenvalue weighted by Crippen LogP contribution is 2.25. The molecule has 3 aromatic carbocycles. The van der Waals surface area contributed by atoms with Gasteiger partial charge in [-0.15, -0.1) is 0 Å². The molecule has 32 heavy (non-hydrogen) atoms. The minimum Gasteiger partial charge on any atom is -0.478 e. The van der Waals surface area contributed by atoms with Crippen LogP contribution in [0.3, 0.4) is 0 Å². The van der Waals surface area contributed by atoms with Gasteiger partial charge in [0, 0.05) is 17.7 Å². The topological polar surface area (TPSA) is 49.3 Å². The molecule has 0 amide bonds. The fraction of sp³-hybridized carbons (Fsp3) is 0.250. The lowest BCUT2D eigenvalue weighted by molar-refractivity contribution is 0.0695. The van der Waals surface area contributed by atoms with Crippen LogP contribution in [0.25, 0.3) is 0 Å². The molecule has 0 atom stereocenters. The summed E-state index contributed by atoms with van der Waals surface area (Å²) in [6.45, 7) is 4.40. The van der Waals surface area contributed by atoms with Crippen LogP contribution < -0.4 is 5.32 Å². The van der Waals surface area contributed by atoms with Crippen LogP contribution in [0.2, 0.25) is 0 Å². The van der Waals surface area contributed by atoms with Crippen LogP contribution >= 0.6 is 0 Å². The molecular formula is C28H28FNO2. The quantitative estimate of drug-likeness (QED) is 0.405. The van der Waals surface area contributed by atoms with E-state index in [9.17, 15) is 14.3 Å². The third kappa shape index (κ3) is 5.98. The molecule has 0 aliphatic heterocycles. The van der Waals surface area contributed by atoms with Gasteiger partial charge in [0.25, 0.3) is 0 Å². The first kappa shape index (κ1) is 23.1. The highest BCUT2D eigenvalue weighted by atomic mass is 19.1. The highest BCUT2D eigenvalue weighted by Gasteiger charge is 2.16. The summed E-state index contributed by atoms with van der Waals surface area (Å²) in [5.41, 5.74) is 5.03. The van der Waals surface area contributed by atoms with Gasteiger partial charge >= 0.3 is 5.97 Å². The SMILES string of the molecule is CCCCc1ccc(C#Cc2ccc(CNc3c(F)ccc(C(=O)O)c3CC)cc2)cc1. The normalized spacial score (nSPS) is 10.3. The summed E-state index contributed by atoms with van der Waals surface area (Å²) in [5, 5.41) is 12.4. The fourth-order valence-corrected chi connectivity index (χ4v) is 3.55. The second kappa shape index (κ2) is 11.2. The number of benzene rings is 3. The predicted molar refractivity (Wildman–Crippen MR) is 128 cm³/mol. The summed E-state index contributed by atoms with van der Waals surface area (Å²) < 4.78 is 14.3. The fourth-order valence-electron chi connectivity index (χ4n) is 3.55. The van der Waals surface area contributed by atoms with Crippen LogP contribution in [0.5, 0.6) is 0 Å². The number of anilines is 1. The Morgan fingerprint density at radius 1 is 0.906 bits per heavy atom. The first-order valence-corrected chi connectivity index (χ1v) is 11.0. The smallest absolute Gasteiger partial charge is 0.336 e. The minimum absolute atomic E-state index is 0.125. The van der Waals surface area contributed by atoms with Crippen molar-refractivity contribution in [2.45, 2.75) is 46.1 Å². The van der Waals surface area contributed by atoms with Crippen LogP contribution in [-0.4, -0.2) is 11.1 Å². The molecule has 4 heteroatoms. The maximum absolute atomic E-state index is 14.3. The average molecular weight is 430 g/mol. The largest absolute Gasteiger partial charge is 0.478 e. The second-order valence-corrected chi connectivity index (χ2v) is 7.71. The van der Waals surface area contributed by atoms with E-state index in [1.54, 1.807) is 0 Å². The van der Waals surface area contributed by atoms with Crippen molar-refractivity contribution < 1.29 is 14.3 Å². The van der Waals surface area contributed by atoms with Gasteiger partial charge in [-0.3, -0.25) is 0 Å². The van der Waals surface area contributed by atoms with E-state index in [0.29, 0.717) is 18.5 Å². The number of nitrogens with one attached hydrogen (secondary N) is 1. The number of rotatable bonds is 8. The van der Waals surface area contributed by atoms with Crippen molar-refractivity contribution in [1.29, 1.82) is 0 Å². The van der Waals surface area contributed by atoms with E-state index >= 15 is 0 Å². The van der Waals surface area contributed by atoms with E-state index < -0.39 is 11.8 Å². The third-order valence-corrected chi connectivity index (χ3v) is 5.39. The Balaban J connectivity index is 1.66. The van der Waals surface area contributed by atoms with E-state index in [0.717, 1.165) is 23.1 Å². The van der Waals surface area contributed by atoms with Gasteiger partial charge in [-0.05, 0) is 72.4 Å². The van der Waals surface area contributed by atoms with Crippen LogP contribution in [0.4, 0.5) is 10.1 Å². The summed E-state index contributed by atoms with van der Waals surface area (Å²) in [6.07, 6.45) is 3.92. The van der Waals surface area contributed by atoms with Gasteiger partial charge in [0.05, 0.1) is 11.3 Å². The molecule has 0 aromatic heterocycles. The predicted octanol–water partition coefficient (Wildman–Crippen LogP) is 6.44. The lowest BCUT2D eigenvalue weighted by atomic mass is 10.0. The number of hydrogen-bond donors (Lipinski definition) is 2. The van der Waals surface area contributed by atoms with Gasteiger partial charge in [0.1, 0.15) is 5.82 Å². The summed E-state index contributed by atoms with van der Waals surface area (Å²) in [5.74, 6) is 4.86. The number of carboxylic acids is 1. The molecule has 164 valence electrons. The van der Waals surface area contributed by atoms with Crippen LogP contribution in [0.15, 0.2) is 60.7 Å². The van der Waals surface area contributed by atoms with E-state index in [2.05, 4.69) is 48.3 Å². The molecule has 0 unspecified atom stereocenters. The Bertz CT molecular complexity index is 1120. The van der Waals surface area contributed by atoms with E-state index in [-0.39, 0.29) is 11.3 Å². The number of unbranched alkanes of at least 4 members (excludes halogenated alkanes) is 1. The van der Waals surface area contributed by atoms with Crippen LogP contribution in [0.1, 0.15) is 64.9 Å². The van der Waals surface area contributed by atoms with Gasteiger partial charge in [-0.25, -0.2) is 9.18 Å². The Hall–Kier alpha value is -3.58. The van der Waals surface area contributed by atoms with Gasteiger partial charge in [-0.1, -0.05) is 56.4 Å². The summed E-state index contributed by atoms with van der Waals surface area (Å²) in [6, 6.07) is 18.6. The molecule has 0 fully saturated rings. The van der Waals surface area contributed by atoms with Gasteiger partial charge in [-0.2, -0.15) is 0 Å². The second-order valence-electron chi connectivity index (χ2n) is 7.71. The Kier molecular flexibility index (Phi) is 8.05. The Morgan fingerprint density at radius 3 is 2.03 bits per heavy atom. The molecule has 3 nitrogen and oxygen atoms in total. The van der Waals surface area contributed by atoms with Crippen molar-refractivity contribution in [2.75, 3.05) is 5.32 Å². The molecule has 0 aliphatic carbocycles. The first-order chi connectivity index (χ1) is 15.5. The van der Waals surface area contributed by atoms with Crippen molar-refractivity contribution >= 4 is 11.7 Å². The maximum Gasteiger partial charge on any atom is 0.336 e. The standard InChI is InChI=1S/C28H28FNO2/c1-3-5-6-20-7-9-21(10-8-20)11-12-22-13-15-23(16-14-22)19-30-27-24(4-2)25(28(31)32)17-18-26(27)29/h7-10,13-18,30H,3-6,19H2,1-2H3,(H,31,32). The van der Waals surface area contributed by atoms with E-state index in [4.69, 9.17) is 0 Å². The maximum atomic E-state index is 14.3. The third-order valence-electron chi connectivity index (χ3n) is 5.39. The van der Waals surface area contributed by atoms with Crippen LogP contribution in [0, 0.1) is 17.7 Å². The van der Waals surface area contributed by atoms with Crippen molar-refractivity contribution in [1.82, 2.24) is 0 Å². The molecule has 0 heterocycles. The van der Waals surface area contributed by atoms with Crippen molar-refractivity contribution in [3.63, 3.8) is 0 Å². The van der Waals surface area contributed by atoms with Crippen molar-refractivity contribution in [3.05, 3.63) is 99.9 Å². The van der Waals surface area contributed by atoms with E-state index in [1.165, 1.54) is 30.5 Å². The molecule has 3 aromatic rings. The summed E-state index contributed by atoms with van der Waals surface area (Å²) >= 11 is 0. The van der Waals surface area contributed by atoms with Crippen molar-refractivity contribution in [2.24, 2.45) is 0 Å². The van der Waals surface area contributed by atoms with Gasteiger partial charge in [0.15, 0.2) is 0 Å². The zero-order valence-corrected chi connectivity index (χ0v) is 18.5. The highest BCUT2D eigenvalue weighted by molar-refractivity contribution is 5.91. The molecule has 0 spiro atoms. The Labute approximate surface area is 189 Å². The minimum atomic E-state index is -1.05. The van der Waals surface area contributed by atoms with Crippen molar-refractivity contribution in [3.8, 4) is 11.8 Å². The lowest BCUT2D eigenvalue weighted by Gasteiger charge is -2.14. The zero-order valence-electron chi connectivity index (χ0n) is 18.5. The molecule has 2 N–H and O–H groups in total. The number of halogens is 1. The zero-order chi connectivity index (χ0) is 22.9. The molecule has 0 radical (unpaired) electrons. The average Bonchev–Trinajstić information content (AvgIpc) is 2.81. The molecule has 3 rings (SSSR count). The number of aryl methyl sites for hydroxylation is 1. The van der Waals surface area contributed by atoms with Gasteiger partial charge in [0.2, 0.25) is 0 Å². The molecule has 0 saturated heterocycles. The molecular weight excluding hydrogens is 401 g/mol. The molecule has 0 bridgehead atoms. The summed E-state index contributed by atoms with van der Waals surface area (Å²) in [7, 11) is 0. The summed E-state index contributed by atoms with van der Waals surface area (Å²) in [4.78, 5) is 11.4. The Morgan fingerprint density at radius 2 is 1.50 bits per heavy atom. The number of carboxylic acid groups (broad SMARTS) is 1. The molecule has 0 aliphatic rings. The first-order valence-electron chi connectivity index (χ1n) is 11.0. The molecule has 0 saturated carbocycles.